The summed E-state index contributed by atoms with van der Waals surface area (Å²) in [6.07, 6.45) is 2.67. The molecule has 0 bridgehead atoms. The minimum Gasteiger partial charge on any atom is -0.369 e. The molecule has 82 valence electrons. The minimum atomic E-state index is 0.119. The number of hydrogen-bond acceptors (Lipinski definition) is 2. The summed E-state index contributed by atoms with van der Waals surface area (Å²) in [5.41, 5.74) is 8.60. The van der Waals surface area contributed by atoms with Gasteiger partial charge < -0.3 is 10.6 Å². The van der Waals surface area contributed by atoms with Crippen LogP contribution in [0.5, 0.6) is 0 Å². The molecule has 1 aromatic carbocycles. The van der Waals surface area contributed by atoms with Crippen LogP contribution in [-0.2, 0) is 0 Å². The van der Waals surface area contributed by atoms with Crippen molar-refractivity contribution in [3.8, 4) is 0 Å². The van der Waals surface area contributed by atoms with Gasteiger partial charge in [0, 0.05) is 24.3 Å². The maximum Gasteiger partial charge on any atom is 0.0416 e. The van der Waals surface area contributed by atoms with Crippen LogP contribution < -0.4 is 10.6 Å². The van der Waals surface area contributed by atoms with Gasteiger partial charge in [-0.15, -0.1) is 0 Å². The van der Waals surface area contributed by atoms with Crippen LogP contribution in [0.25, 0.3) is 0 Å². The Labute approximate surface area is 92.1 Å². The quantitative estimate of drug-likeness (QED) is 0.817. The molecular formula is C13H20N2. The van der Waals surface area contributed by atoms with Crippen molar-refractivity contribution < 1.29 is 0 Å². The molecule has 2 rings (SSSR count). The lowest BCUT2D eigenvalue weighted by molar-refractivity contribution is 0.775. The van der Waals surface area contributed by atoms with Gasteiger partial charge in [-0.05, 0) is 38.3 Å². The smallest absolute Gasteiger partial charge is 0.0416 e. The molecule has 1 aliphatic carbocycles. The number of rotatable bonds is 4. The van der Waals surface area contributed by atoms with Gasteiger partial charge >= 0.3 is 0 Å². The Balaban J connectivity index is 2.31. The van der Waals surface area contributed by atoms with Gasteiger partial charge in [-0.25, -0.2) is 0 Å². The zero-order valence-corrected chi connectivity index (χ0v) is 9.61. The van der Waals surface area contributed by atoms with Crippen molar-refractivity contribution in [2.24, 2.45) is 5.73 Å². The van der Waals surface area contributed by atoms with Gasteiger partial charge in [0.15, 0.2) is 0 Å². The Bertz CT molecular complexity index is 329. The van der Waals surface area contributed by atoms with Crippen LogP contribution in [0.15, 0.2) is 24.3 Å². The average molecular weight is 204 g/mol. The van der Waals surface area contributed by atoms with Crippen molar-refractivity contribution in [2.45, 2.75) is 38.8 Å². The number of para-hydroxylation sites is 1. The summed E-state index contributed by atoms with van der Waals surface area (Å²) >= 11 is 0. The van der Waals surface area contributed by atoms with Gasteiger partial charge in [-0.1, -0.05) is 18.2 Å². The summed E-state index contributed by atoms with van der Waals surface area (Å²) in [7, 11) is 0. The molecule has 0 unspecified atom stereocenters. The van der Waals surface area contributed by atoms with Crippen LogP contribution in [0.3, 0.4) is 0 Å². The topological polar surface area (TPSA) is 29.3 Å². The Morgan fingerprint density at radius 1 is 1.40 bits per heavy atom. The third-order valence-electron chi connectivity index (χ3n) is 3.07. The normalized spacial score (nSPS) is 17.5. The standard InChI is InChI=1S/C13H20N2/c1-3-15(11-8-9-11)13-7-5-4-6-12(13)10(2)14/h4-7,10-11H,3,8-9,14H2,1-2H3/t10-/m1/s1. The van der Waals surface area contributed by atoms with E-state index < -0.39 is 0 Å². The van der Waals surface area contributed by atoms with E-state index in [0.717, 1.165) is 12.6 Å². The number of anilines is 1. The first-order valence-corrected chi connectivity index (χ1v) is 5.85. The fraction of sp³-hybridized carbons (Fsp3) is 0.538. The number of nitrogens with zero attached hydrogens (tertiary/aromatic N) is 1. The van der Waals surface area contributed by atoms with Crippen molar-refractivity contribution >= 4 is 5.69 Å². The van der Waals surface area contributed by atoms with E-state index in [1.54, 1.807) is 0 Å². The summed E-state index contributed by atoms with van der Waals surface area (Å²) in [5.74, 6) is 0. The molecule has 15 heavy (non-hydrogen) atoms. The van der Waals surface area contributed by atoms with Crippen molar-refractivity contribution in [2.75, 3.05) is 11.4 Å². The summed E-state index contributed by atoms with van der Waals surface area (Å²) in [5, 5.41) is 0. The Hall–Kier alpha value is -1.02. The number of hydrogen-bond donors (Lipinski definition) is 1. The zero-order chi connectivity index (χ0) is 10.8. The first kappa shape index (κ1) is 10.5. The number of benzene rings is 1. The monoisotopic (exact) mass is 204 g/mol. The molecule has 1 fully saturated rings. The summed E-state index contributed by atoms with van der Waals surface area (Å²) in [4.78, 5) is 2.48. The molecule has 2 heteroatoms. The first-order valence-electron chi connectivity index (χ1n) is 5.85. The van der Waals surface area contributed by atoms with Gasteiger partial charge in [0.25, 0.3) is 0 Å². The predicted octanol–water partition coefficient (Wildman–Crippen LogP) is 2.70. The fourth-order valence-corrected chi connectivity index (χ4v) is 2.15. The third kappa shape index (κ3) is 2.15. The van der Waals surface area contributed by atoms with Crippen LogP contribution >= 0.6 is 0 Å². The Morgan fingerprint density at radius 2 is 2.07 bits per heavy atom. The summed E-state index contributed by atoms with van der Waals surface area (Å²) < 4.78 is 0. The molecule has 0 amide bonds. The molecule has 1 saturated carbocycles. The molecular weight excluding hydrogens is 184 g/mol. The minimum absolute atomic E-state index is 0.119. The van der Waals surface area contributed by atoms with Crippen LogP contribution in [0, 0.1) is 0 Å². The van der Waals surface area contributed by atoms with E-state index in [1.807, 2.05) is 0 Å². The van der Waals surface area contributed by atoms with E-state index >= 15 is 0 Å². The van der Waals surface area contributed by atoms with Gasteiger partial charge in [0.2, 0.25) is 0 Å². The largest absolute Gasteiger partial charge is 0.369 e. The molecule has 0 radical (unpaired) electrons. The highest BCUT2D eigenvalue weighted by atomic mass is 15.2. The van der Waals surface area contributed by atoms with Gasteiger partial charge in [-0.2, -0.15) is 0 Å². The lowest BCUT2D eigenvalue weighted by Crippen LogP contribution is -2.27. The van der Waals surface area contributed by atoms with Crippen LogP contribution in [0.2, 0.25) is 0 Å². The van der Waals surface area contributed by atoms with Crippen molar-refractivity contribution in [3.05, 3.63) is 29.8 Å². The molecule has 0 heterocycles. The predicted molar refractivity (Wildman–Crippen MR) is 65.1 cm³/mol. The second-order valence-corrected chi connectivity index (χ2v) is 4.36. The lowest BCUT2D eigenvalue weighted by atomic mass is 10.1. The second-order valence-electron chi connectivity index (χ2n) is 4.36. The molecule has 1 aromatic rings. The molecule has 0 saturated heterocycles. The molecule has 2 nitrogen and oxygen atoms in total. The maximum atomic E-state index is 6.00. The van der Waals surface area contributed by atoms with Crippen LogP contribution in [0.4, 0.5) is 5.69 Å². The third-order valence-corrected chi connectivity index (χ3v) is 3.07. The second kappa shape index (κ2) is 4.23. The fourth-order valence-electron chi connectivity index (χ4n) is 2.15. The first-order chi connectivity index (χ1) is 7.24. The van der Waals surface area contributed by atoms with E-state index in [9.17, 15) is 0 Å². The highest BCUT2D eigenvalue weighted by molar-refractivity contribution is 5.56. The average Bonchev–Trinajstić information content (AvgIpc) is 3.04. The molecule has 0 spiro atoms. The molecule has 1 aliphatic rings. The lowest BCUT2D eigenvalue weighted by Gasteiger charge is -2.26. The summed E-state index contributed by atoms with van der Waals surface area (Å²) in [6.45, 7) is 5.35. The van der Waals surface area contributed by atoms with Gasteiger partial charge in [-0.3, -0.25) is 0 Å². The molecule has 0 aromatic heterocycles. The van der Waals surface area contributed by atoms with Gasteiger partial charge in [0.1, 0.15) is 0 Å². The van der Waals surface area contributed by atoms with Crippen molar-refractivity contribution in [1.82, 2.24) is 0 Å². The van der Waals surface area contributed by atoms with Gasteiger partial charge in [0.05, 0.1) is 0 Å². The summed E-state index contributed by atoms with van der Waals surface area (Å²) in [6, 6.07) is 9.39. The van der Waals surface area contributed by atoms with E-state index in [1.165, 1.54) is 24.1 Å². The van der Waals surface area contributed by atoms with Crippen LogP contribution in [-0.4, -0.2) is 12.6 Å². The van der Waals surface area contributed by atoms with E-state index in [0.29, 0.717) is 0 Å². The van der Waals surface area contributed by atoms with Crippen molar-refractivity contribution in [1.29, 1.82) is 0 Å². The maximum absolute atomic E-state index is 6.00. The molecule has 2 N–H and O–H groups in total. The van der Waals surface area contributed by atoms with E-state index in [2.05, 4.69) is 43.0 Å². The Morgan fingerprint density at radius 3 is 2.60 bits per heavy atom. The van der Waals surface area contributed by atoms with E-state index in [-0.39, 0.29) is 6.04 Å². The van der Waals surface area contributed by atoms with E-state index in [4.69, 9.17) is 5.73 Å². The Kier molecular flexibility index (Phi) is 2.96. The highest BCUT2D eigenvalue weighted by Crippen LogP contribution is 2.34. The van der Waals surface area contributed by atoms with Crippen molar-refractivity contribution in [3.63, 3.8) is 0 Å². The highest BCUT2D eigenvalue weighted by Gasteiger charge is 2.29. The molecule has 1 atom stereocenters. The number of nitrogens with two attached hydrogens (primary N) is 1. The SMILES string of the molecule is CCN(c1ccccc1[C@@H](C)N)C1CC1. The molecule has 0 aliphatic heterocycles. The zero-order valence-electron chi connectivity index (χ0n) is 9.61. The van der Waals surface area contributed by atoms with Crippen LogP contribution in [0.1, 0.15) is 38.3 Å².